The van der Waals surface area contributed by atoms with Crippen LogP contribution >= 0.6 is 31.9 Å². The van der Waals surface area contributed by atoms with Gasteiger partial charge in [-0.3, -0.25) is 9.59 Å². The SMILES string of the molecule is O=C1N=C2C=CC(Br)=CC2C(c2ccccc2)=C1NC(=O)c1ccc(Br)cc1. The van der Waals surface area contributed by atoms with Crippen molar-refractivity contribution in [1.82, 2.24) is 5.32 Å². The van der Waals surface area contributed by atoms with Gasteiger partial charge in [-0.1, -0.05) is 68.3 Å². The lowest BCUT2D eigenvalue weighted by Crippen LogP contribution is -2.34. The molecule has 0 aromatic heterocycles. The number of amides is 2. The van der Waals surface area contributed by atoms with E-state index in [9.17, 15) is 9.59 Å². The summed E-state index contributed by atoms with van der Waals surface area (Å²) in [5, 5.41) is 2.80. The average Bonchev–Trinajstić information content (AvgIpc) is 2.70. The van der Waals surface area contributed by atoms with Crippen LogP contribution in [0.3, 0.4) is 0 Å². The molecule has 0 radical (unpaired) electrons. The normalized spacial score (nSPS) is 18.4. The predicted molar refractivity (Wildman–Crippen MR) is 117 cm³/mol. The maximum Gasteiger partial charge on any atom is 0.294 e. The number of hydrogen-bond donors (Lipinski definition) is 1. The van der Waals surface area contributed by atoms with Crippen molar-refractivity contribution in [3.63, 3.8) is 0 Å². The van der Waals surface area contributed by atoms with Gasteiger partial charge in [-0.15, -0.1) is 0 Å². The summed E-state index contributed by atoms with van der Waals surface area (Å²) in [6, 6.07) is 16.5. The van der Waals surface area contributed by atoms with Crippen molar-refractivity contribution in [3.05, 3.63) is 98.6 Å². The maximum absolute atomic E-state index is 12.8. The predicted octanol–water partition coefficient (Wildman–Crippen LogP) is 5.04. The summed E-state index contributed by atoms with van der Waals surface area (Å²) in [6.07, 6.45) is 5.67. The highest BCUT2D eigenvalue weighted by Gasteiger charge is 2.32. The lowest BCUT2D eigenvalue weighted by Gasteiger charge is -2.27. The second-order valence-electron chi connectivity index (χ2n) is 6.32. The van der Waals surface area contributed by atoms with Gasteiger partial charge in [0.15, 0.2) is 0 Å². The highest BCUT2D eigenvalue weighted by atomic mass is 79.9. The molecule has 6 heteroatoms. The number of halogens is 2. The van der Waals surface area contributed by atoms with E-state index in [1.54, 1.807) is 24.3 Å². The molecule has 1 N–H and O–H groups in total. The fourth-order valence-electron chi connectivity index (χ4n) is 3.20. The van der Waals surface area contributed by atoms with Crippen LogP contribution in [-0.4, -0.2) is 17.5 Å². The summed E-state index contributed by atoms with van der Waals surface area (Å²) in [6.45, 7) is 0. The van der Waals surface area contributed by atoms with Crippen LogP contribution in [0, 0.1) is 5.92 Å². The second kappa shape index (κ2) is 7.81. The van der Waals surface area contributed by atoms with Crippen LogP contribution in [0.25, 0.3) is 5.57 Å². The van der Waals surface area contributed by atoms with Gasteiger partial charge in [0.05, 0.1) is 5.71 Å². The number of aliphatic imine (C=N–C) groups is 1. The molecule has 1 aliphatic heterocycles. The Hall–Kier alpha value is -2.57. The Morgan fingerprint density at radius 1 is 0.964 bits per heavy atom. The van der Waals surface area contributed by atoms with Crippen molar-refractivity contribution in [2.24, 2.45) is 10.9 Å². The second-order valence-corrected chi connectivity index (χ2v) is 8.15. The number of benzene rings is 2. The summed E-state index contributed by atoms with van der Waals surface area (Å²) in [4.78, 5) is 29.8. The van der Waals surface area contributed by atoms with Crippen molar-refractivity contribution >= 4 is 55.0 Å². The molecule has 1 aliphatic carbocycles. The third-order valence-electron chi connectivity index (χ3n) is 4.51. The standard InChI is InChI=1S/C22H14Br2N2O2/c23-15-8-6-14(7-9-15)21(27)26-20-19(13-4-2-1-3-5-13)17-12-16(24)10-11-18(17)25-22(20)28/h1-12,17H,(H,26,27). The molecular weight excluding hydrogens is 484 g/mol. The van der Waals surface area contributed by atoms with Crippen LogP contribution in [0.15, 0.2) is 92.5 Å². The summed E-state index contributed by atoms with van der Waals surface area (Å²) < 4.78 is 1.78. The first-order valence-corrected chi connectivity index (χ1v) is 10.2. The van der Waals surface area contributed by atoms with Crippen molar-refractivity contribution < 1.29 is 9.59 Å². The third kappa shape index (κ3) is 3.70. The molecule has 0 bridgehead atoms. The lowest BCUT2D eigenvalue weighted by atomic mass is 9.82. The minimum atomic E-state index is -0.452. The number of fused-ring (bicyclic) bond motifs is 1. The number of dihydropyridines is 1. The van der Waals surface area contributed by atoms with Gasteiger partial charge in [0.1, 0.15) is 5.70 Å². The minimum absolute atomic E-state index is 0.208. The molecule has 2 aliphatic rings. The van der Waals surface area contributed by atoms with Gasteiger partial charge >= 0.3 is 0 Å². The minimum Gasteiger partial charge on any atom is -0.317 e. The van der Waals surface area contributed by atoms with Crippen molar-refractivity contribution in [1.29, 1.82) is 0 Å². The largest absolute Gasteiger partial charge is 0.317 e. The van der Waals surface area contributed by atoms with Crippen LogP contribution < -0.4 is 5.32 Å². The number of nitrogens with zero attached hydrogens (tertiary/aromatic N) is 1. The van der Waals surface area contributed by atoms with E-state index in [0.29, 0.717) is 11.3 Å². The zero-order valence-electron chi connectivity index (χ0n) is 14.5. The molecule has 0 saturated carbocycles. The molecule has 138 valence electrons. The number of carbonyl (C=O) groups excluding carboxylic acids is 2. The summed E-state index contributed by atoms with van der Waals surface area (Å²) >= 11 is 6.86. The van der Waals surface area contributed by atoms with E-state index in [2.05, 4.69) is 42.2 Å². The quantitative estimate of drug-likeness (QED) is 0.646. The molecular formula is C22H14Br2N2O2. The summed E-state index contributed by atoms with van der Waals surface area (Å²) in [7, 11) is 0. The summed E-state index contributed by atoms with van der Waals surface area (Å²) in [5.74, 6) is -1.02. The van der Waals surface area contributed by atoms with Gasteiger partial charge in [0.2, 0.25) is 0 Å². The van der Waals surface area contributed by atoms with Gasteiger partial charge in [0.25, 0.3) is 11.8 Å². The molecule has 0 saturated heterocycles. The van der Waals surface area contributed by atoms with Crippen molar-refractivity contribution in [3.8, 4) is 0 Å². The van der Waals surface area contributed by atoms with Crippen LogP contribution in [0.1, 0.15) is 15.9 Å². The van der Waals surface area contributed by atoms with Crippen LogP contribution in [-0.2, 0) is 4.79 Å². The van der Waals surface area contributed by atoms with Gasteiger partial charge in [-0.2, -0.15) is 0 Å². The lowest BCUT2D eigenvalue weighted by molar-refractivity contribution is -0.114. The number of hydrogen-bond acceptors (Lipinski definition) is 2. The van der Waals surface area contributed by atoms with Crippen molar-refractivity contribution in [2.45, 2.75) is 0 Å². The molecule has 4 rings (SSSR count). The zero-order chi connectivity index (χ0) is 19.7. The van der Waals surface area contributed by atoms with Crippen LogP contribution in [0.5, 0.6) is 0 Å². The van der Waals surface area contributed by atoms with Gasteiger partial charge in [-0.25, -0.2) is 4.99 Å². The molecule has 1 heterocycles. The van der Waals surface area contributed by atoms with E-state index in [1.165, 1.54) is 0 Å². The van der Waals surface area contributed by atoms with Crippen LogP contribution in [0.4, 0.5) is 0 Å². The number of nitrogens with one attached hydrogen (secondary N) is 1. The molecule has 1 atom stereocenters. The Bertz CT molecular complexity index is 1080. The Kier molecular flexibility index (Phi) is 5.24. The number of carbonyl (C=O) groups is 2. The van der Waals surface area contributed by atoms with E-state index in [1.807, 2.05) is 48.6 Å². The molecule has 2 amide bonds. The Morgan fingerprint density at radius 2 is 1.68 bits per heavy atom. The van der Waals surface area contributed by atoms with Gasteiger partial charge in [-0.05, 0) is 42.0 Å². The molecule has 28 heavy (non-hydrogen) atoms. The fourth-order valence-corrected chi connectivity index (χ4v) is 3.86. The Balaban J connectivity index is 1.80. The third-order valence-corrected chi connectivity index (χ3v) is 5.57. The highest BCUT2D eigenvalue weighted by molar-refractivity contribution is 9.12. The Labute approximate surface area is 179 Å². The first kappa shape index (κ1) is 18.8. The number of allylic oxidation sites excluding steroid dienone is 5. The van der Waals surface area contributed by atoms with E-state index in [-0.39, 0.29) is 17.5 Å². The fraction of sp³-hybridized carbons (Fsp3) is 0.0455. The van der Waals surface area contributed by atoms with E-state index < -0.39 is 5.91 Å². The van der Waals surface area contributed by atoms with E-state index in [4.69, 9.17) is 0 Å². The molecule has 2 aromatic carbocycles. The first-order chi connectivity index (χ1) is 13.5. The van der Waals surface area contributed by atoms with Gasteiger partial charge < -0.3 is 5.32 Å². The number of rotatable bonds is 3. The molecule has 1 unspecified atom stereocenters. The average molecular weight is 498 g/mol. The maximum atomic E-state index is 12.8. The zero-order valence-corrected chi connectivity index (χ0v) is 17.7. The van der Waals surface area contributed by atoms with Gasteiger partial charge in [0, 0.05) is 26.0 Å². The van der Waals surface area contributed by atoms with E-state index >= 15 is 0 Å². The highest BCUT2D eigenvalue weighted by Crippen LogP contribution is 2.36. The molecule has 2 aromatic rings. The smallest absolute Gasteiger partial charge is 0.294 e. The topological polar surface area (TPSA) is 58.5 Å². The first-order valence-electron chi connectivity index (χ1n) is 8.58. The molecule has 4 nitrogen and oxygen atoms in total. The monoisotopic (exact) mass is 496 g/mol. The molecule has 0 fully saturated rings. The van der Waals surface area contributed by atoms with Crippen molar-refractivity contribution in [2.75, 3.05) is 0 Å². The summed E-state index contributed by atoms with van der Waals surface area (Å²) in [5.41, 5.74) is 2.94. The van der Waals surface area contributed by atoms with E-state index in [0.717, 1.165) is 20.1 Å². The molecule has 0 spiro atoms. The van der Waals surface area contributed by atoms with Crippen LogP contribution in [0.2, 0.25) is 0 Å². The Morgan fingerprint density at radius 3 is 2.39 bits per heavy atom.